The lowest BCUT2D eigenvalue weighted by Gasteiger charge is -2.10. The molecular weight excluding hydrogens is 326 g/mol. The minimum absolute atomic E-state index is 0.0510. The number of methoxy groups -OCH3 is 2. The largest absolute Gasteiger partial charge is 0.496 e. The van der Waals surface area contributed by atoms with Crippen molar-refractivity contribution in [3.05, 3.63) is 46.2 Å². The zero-order chi connectivity index (χ0) is 16.2. The Morgan fingerprint density at radius 2 is 1.95 bits per heavy atom. The van der Waals surface area contributed by atoms with E-state index in [1.54, 1.807) is 24.3 Å². The lowest BCUT2D eigenvalue weighted by molar-refractivity contribution is 0.0602. The molecule has 1 heterocycles. The monoisotopic (exact) mass is 341 g/mol. The molecule has 0 atom stereocenters. The number of carbonyl (C=O) groups is 1. The van der Waals surface area contributed by atoms with Crippen molar-refractivity contribution in [2.45, 2.75) is 11.4 Å². The predicted molar refractivity (Wildman–Crippen MR) is 82.7 cm³/mol. The highest BCUT2D eigenvalue weighted by Gasteiger charge is 2.24. The smallest absolute Gasteiger partial charge is 0.349 e. The van der Waals surface area contributed by atoms with Gasteiger partial charge in [-0.15, -0.1) is 11.3 Å². The van der Waals surface area contributed by atoms with Crippen LogP contribution in [0.3, 0.4) is 0 Å². The van der Waals surface area contributed by atoms with E-state index in [4.69, 9.17) is 4.74 Å². The van der Waals surface area contributed by atoms with Gasteiger partial charge in [-0.2, -0.15) is 0 Å². The summed E-state index contributed by atoms with van der Waals surface area (Å²) in [7, 11) is -1.10. The van der Waals surface area contributed by atoms with Gasteiger partial charge in [-0.05, 0) is 17.5 Å². The Labute approximate surface area is 132 Å². The third kappa shape index (κ3) is 3.46. The second-order valence-electron chi connectivity index (χ2n) is 4.24. The molecule has 0 aliphatic carbocycles. The van der Waals surface area contributed by atoms with Gasteiger partial charge in [0.05, 0.1) is 14.2 Å². The Hall–Kier alpha value is -1.90. The SMILES string of the molecule is COC(=O)c1sccc1S(=O)(=O)NCc1ccccc1OC. The Bertz CT molecular complexity index is 767. The zero-order valence-electron chi connectivity index (χ0n) is 12.0. The number of hydrogen-bond acceptors (Lipinski definition) is 6. The lowest BCUT2D eigenvalue weighted by atomic mass is 10.2. The third-order valence-electron chi connectivity index (χ3n) is 2.93. The molecule has 0 aliphatic rings. The van der Waals surface area contributed by atoms with Crippen LogP contribution >= 0.6 is 11.3 Å². The van der Waals surface area contributed by atoms with E-state index in [-0.39, 0.29) is 16.3 Å². The van der Waals surface area contributed by atoms with Gasteiger partial charge in [-0.3, -0.25) is 0 Å². The molecule has 6 nitrogen and oxygen atoms in total. The highest BCUT2D eigenvalue weighted by atomic mass is 32.2. The van der Waals surface area contributed by atoms with Crippen molar-refractivity contribution < 1.29 is 22.7 Å². The van der Waals surface area contributed by atoms with Crippen LogP contribution in [-0.4, -0.2) is 28.6 Å². The number of para-hydroxylation sites is 1. The molecule has 2 aromatic rings. The topological polar surface area (TPSA) is 81.7 Å². The van der Waals surface area contributed by atoms with E-state index in [1.807, 2.05) is 0 Å². The first-order chi connectivity index (χ1) is 10.5. The molecule has 0 fully saturated rings. The molecule has 0 radical (unpaired) electrons. The number of hydrogen-bond donors (Lipinski definition) is 1. The van der Waals surface area contributed by atoms with Crippen LogP contribution in [0, 0.1) is 0 Å². The molecule has 0 bridgehead atoms. The predicted octanol–water partition coefficient (Wildman–Crippen LogP) is 2.02. The van der Waals surface area contributed by atoms with Gasteiger partial charge in [0.15, 0.2) is 0 Å². The van der Waals surface area contributed by atoms with Crippen LogP contribution in [0.4, 0.5) is 0 Å². The molecule has 8 heteroatoms. The van der Waals surface area contributed by atoms with E-state index < -0.39 is 16.0 Å². The summed E-state index contributed by atoms with van der Waals surface area (Å²) in [5.41, 5.74) is 0.698. The number of nitrogens with one attached hydrogen (secondary N) is 1. The van der Waals surface area contributed by atoms with Crippen LogP contribution in [0.15, 0.2) is 40.6 Å². The Morgan fingerprint density at radius 3 is 2.64 bits per heavy atom. The fourth-order valence-corrected chi connectivity index (χ4v) is 4.19. The van der Waals surface area contributed by atoms with Gasteiger partial charge < -0.3 is 9.47 Å². The van der Waals surface area contributed by atoms with Crippen LogP contribution in [0.25, 0.3) is 0 Å². The van der Waals surface area contributed by atoms with E-state index in [0.717, 1.165) is 11.3 Å². The van der Waals surface area contributed by atoms with Crippen molar-refractivity contribution in [1.82, 2.24) is 4.72 Å². The quantitative estimate of drug-likeness (QED) is 0.813. The van der Waals surface area contributed by atoms with Crippen molar-refractivity contribution in [3.8, 4) is 5.75 Å². The summed E-state index contributed by atoms with van der Waals surface area (Å²) in [6.07, 6.45) is 0. The van der Waals surface area contributed by atoms with Gasteiger partial charge in [0.2, 0.25) is 10.0 Å². The minimum Gasteiger partial charge on any atom is -0.496 e. The molecule has 0 spiro atoms. The van der Waals surface area contributed by atoms with E-state index in [0.29, 0.717) is 11.3 Å². The summed E-state index contributed by atoms with van der Waals surface area (Å²) in [5.74, 6) is -0.0867. The average Bonchev–Trinajstić information content (AvgIpc) is 3.03. The second-order valence-corrected chi connectivity index (χ2v) is 6.89. The van der Waals surface area contributed by atoms with Crippen molar-refractivity contribution in [3.63, 3.8) is 0 Å². The first kappa shape index (κ1) is 16.5. The van der Waals surface area contributed by atoms with Crippen LogP contribution in [0.2, 0.25) is 0 Å². The molecule has 0 saturated carbocycles. The van der Waals surface area contributed by atoms with E-state index >= 15 is 0 Å². The average molecular weight is 341 g/mol. The van der Waals surface area contributed by atoms with Gasteiger partial charge in [0.1, 0.15) is 15.5 Å². The molecule has 0 aliphatic heterocycles. The van der Waals surface area contributed by atoms with Crippen LogP contribution < -0.4 is 9.46 Å². The van der Waals surface area contributed by atoms with E-state index in [9.17, 15) is 13.2 Å². The summed E-state index contributed by atoms with van der Waals surface area (Å²) in [5, 5.41) is 1.53. The van der Waals surface area contributed by atoms with Crippen LogP contribution in [-0.2, 0) is 21.3 Å². The number of rotatable bonds is 6. The van der Waals surface area contributed by atoms with Gasteiger partial charge in [0, 0.05) is 12.1 Å². The Morgan fingerprint density at radius 1 is 1.23 bits per heavy atom. The number of esters is 1. The van der Waals surface area contributed by atoms with E-state index in [2.05, 4.69) is 9.46 Å². The summed E-state index contributed by atoms with van der Waals surface area (Å²) >= 11 is 1.02. The van der Waals surface area contributed by atoms with Crippen molar-refractivity contribution in [1.29, 1.82) is 0 Å². The molecule has 0 amide bonds. The molecule has 1 aromatic carbocycles. The Kier molecular flexibility index (Phi) is 5.17. The summed E-state index contributed by atoms with van der Waals surface area (Å²) in [6.45, 7) is 0.0583. The minimum atomic E-state index is -3.82. The van der Waals surface area contributed by atoms with Crippen molar-refractivity contribution >= 4 is 27.3 Å². The number of ether oxygens (including phenoxy) is 2. The lowest BCUT2D eigenvalue weighted by Crippen LogP contribution is -2.24. The summed E-state index contributed by atoms with van der Waals surface area (Å²) in [6, 6.07) is 8.47. The van der Waals surface area contributed by atoms with Gasteiger partial charge in [-0.1, -0.05) is 18.2 Å². The fourth-order valence-electron chi connectivity index (χ4n) is 1.85. The molecule has 1 N–H and O–H groups in total. The maximum atomic E-state index is 12.4. The fraction of sp³-hybridized carbons (Fsp3) is 0.214. The molecule has 1 aromatic heterocycles. The first-order valence-corrected chi connectivity index (χ1v) is 8.63. The van der Waals surface area contributed by atoms with Crippen LogP contribution in [0.1, 0.15) is 15.2 Å². The number of carbonyl (C=O) groups excluding carboxylic acids is 1. The van der Waals surface area contributed by atoms with Gasteiger partial charge in [-0.25, -0.2) is 17.9 Å². The molecule has 22 heavy (non-hydrogen) atoms. The molecule has 118 valence electrons. The standard InChI is InChI=1S/C14H15NO5S2/c1-19-11-6-4-3-5-10(11)9-15-22(17,18)12-7-8-21-13(12)14(16)20-2/h3-8,15H,9H2,1-2H3. The van der Waals surface area contributed by atoms with Crippen LogP contribution in [0.5, 0.6) is 5.75 Å². The normalized spacial score (nSPS) is 11.2. The Balaban J connectivity index is 2.22. The zero-order valence-corrected chi connectivity index (χ0v) is 13.7. The van der Waals surface area contributed by atoms with Crippen molar-refractivity contribution in [2.75, 3.05) is 14.2 Å². The third-order valence-corrected chi connectivity index (χ3v) is 5.40. The maximum Gasteiger partial charge on any atom is 0.349 e. The number of thiophene rings is 1. The number of sulfonamides is 1. The highest BCUT2D eigenvalue weighted by molar-refractivity contribution is 7.89. The second kappa shape index (κ2) is 6.91. The van der Waals surface area contributed by atoms with Gasteiger partial charge >= 0.3 is 5.97 Å². The molecule has 0 unspecified atom stereocenters. The maximum absolute atomic E-state index is 12.4. The summed E-state index contributed by atoms with van der Waals surface area (Å²) < 4.78 is 36.9. The molecule has 2 rings (SSSR count). The molecular formula is C14H15NO5S2. The van der Waals surface area contributed by atoms with Gasteiger partial charge in [0.25, 0.3) is 0 Å². The van der Waals surface area contributed by atoms with Crippen molar-refractivity contribution in [2.24, 2.45) is 0 Å². The highest BCUT2D eigenvalue weighted by Crippen LogP contribution is 2.23. The number of benzene rings is 1. The molecule has 0 saturated heterocycles. The van der Waals surface area contributed by atoms with E-state index in [1.165, 1.54) is 25.7 Å². The summed E-state index contributed by atoms with van der Waals surface area (Å²) in [4.78, 5) is 11.6. The first-order valence-electron chi connectivity index (χ1n) is 6.27.